The van der Waals surface area contributed by atoms with E-state index in [-0.39, 0.29) is 67.9 Å². The summed E-state index contributed by atoms with van der Waals surface area (Å²) in [6.45, 7) is 34.0. The number of esters is 4. The Balaban J connectivity index is 0.000000376. The number of aromatic hydroxyl groups is 1. The van der Waals surface area contributed by atoms with Gasteiger partial charge in [-0.2, -0.15) is 0 Å². The Hall–Kier alpha value is -7.65. The highest BCUT2D eigenvalue weighted by atomic mass is 31.2. The number of phenolic OH excluding ortho intramolecular Hbond substituents is 1. The van der Waals surface area contributed by atoms with E-state index in [4.69, 9.17) is 53.1 Å². The number of phenols is 1. The summed E-state index contributed by atoms with van der Waals surface area (Å²) in [5, 5.41) is 27.3. The zero-order chi connectivity index (χ0) is 71.0. The predicted octanol–water partition coefficient (Wildman–Crippen LogP) is 12.1. The summed E-state index contributed by atoms with van der Waals surface area (Å²) in [7, 11) is -6.80. The first kappa shape index (κ1) is 80.6. The lowest BCUT2D eigenvalue weighted by Crippen LogP contribution is -2.36. The van der Waals surface area contributed by atoms with E-state index in [1.165, 1.54) is 0 Å². The van der Waals surface area contributed by atoms with Gasteiger partial charge in [-0.1, -0.05) is 68.0 Å². The van der Waals surface area contributed by atoms with E-state index < -0.39 is 68.7 Å². The average Bonchev–Trinajstić information content (AvgIpc) is 1.53. The first-order valence-electron chi connectivity index (χ1n) is 31.3. The predicted molar refractivity (Wildman–Crippen MR) is 361 cm³/mol. The fraction of sp³-hybridized carbons (Fsp3) is 0.493. The lowest BCUT2D eigenvalue weighted by molar-refractivity contribution is -0.145. The minimum Gasteiger partial charge on any atom is -0.507 e. The molecule has 518 valence electrons. The number of hydrogen-bond acceptors (Lipinski definition) is 20. The van der Waals surface area contributed by atoms with Crippen molar-refractivity contribution in [2.75, 3.05) is 45.2 Å². The minimum atomic E-state index is -3.50. The highest BCUT2D eigenvalue weighted by Crippen LogP contribution is 2.47. The summed E-state index contributed by atoms with van der Waals surface area (Å²) in [6.07, 6.45) is 6.15. The molecule has 6 rings (SSSR count). The molecule has 2 aliphatic rings. The number of cyclic esters (lactones) is 2. The van der Waals surface area contributed by atoms with Crippen molar-refractivity contribution in [1.82, 2.24) is 15.5 Å². The number of benzene rings is 4. The summed E-state index contributed by atoms with van der Waals surface area (Å²) in [6, 6.07) is 9.81. The van der Waals surface area contributed by atoms with Crippen LogP contribution in [-0.2, 0) is 90.9 Å². The maximum atomic E-state index is 14.0. The van der Waals surface area contributed by atoms with Crippen molar-refractivity contribution in [2.45, 2.75) is 181 Å². The number of nitrogens with two attached hydrogens (primary N) is 1. The molecular weight excluding hydrogens is 1250 g/mol. The lowest BCUT2D eigenvalue weighted by Gasteiger charge is -2.25. The Kier molecular flexibility index (Phi) is 32.1. The number of carboxylic acids is 1. The van der Waals surface area contributed by atoms with Gasteiger partial charge in [-0.3, -0.25) is 28.3 Å². The van der Waals surface area contributed by atoms with Crippen LogP contribution in [0.2, 0.25) is 0 Å². The molecule has 4 aromatic rings. The first-order chi connectivity index (χ1) is 44.1. The maximum absolute atomic E-state index is 14.0. The fourth-order valence-corrected chi connectivity index (χ4v) is 14.1. The number of aldehydes is 1. The van der Waals surface area contributed by atoms with Crippen LogP contribution < -0.4 is 35.0 Å². The molecule has 0 radical (unpaired) electrons. The van der Waals surface area contributed by atoms with Gasteiger partial charge in [0.05, 0.1) is 25.5 Å². The van der Waals surface area contributed by atoms with Crippen molar-refractivity contribution in [3.63, 3.8) is 0 Å². The molecule has 23 nitrogen and oxygen atoms in total. The molecule has 0 bridgehead atoms. The van der Waals surface area contributed by atoms with Crippen LogP contribution in [0.5, 0.6) is 23.0 Å². The zero-order valence-electron chi connectivity index (χ0n) is 57.8. The van der Waals surface area contributed by atoms with Crippen molar-refractivity contribution in [3.05, 3.63) is 138 Å². The Morgan fingerprint density at radius 3 is 1.52 bits per heavy atom. The van der Waals surface area contributed by atoms with Crippen molar-refractivity contribution in [2.24, 2.45) is 5.73 Å². The fourth-order valence-electron chi connectivity index (χ4n) is 10.2. The summed E-state index contributed by atoms with van der Waals surface area (Å²) >= 11 is 0. The molecule has 0 amide bonds. The van der Waals surface area contributed by atoms with Gasteiger partial charge in [-0.05, 0) is 180 Å². The second-order valence-electron chi connectivity index (χ2n) is 23.6. The van der Waals surface area contributed by atoms with Crippen molar-refractivity contribution in [3.8, 4) is 23.0 Å². The number of allylic oxidation sites excluding steroid dienone is 3. The van der Waals surface area contributed by atoms with Crippen LogP contribution in [0.15, 0.2) is 59.7 Å². The molecule has 4 atom stereocenters. The van der Waals surface area contributed by atoms with E-state index in [0.717, 1.165) is 86.4 Å². The van der Waals surface area contributed by atoms with E-state index in [1.807, 2.05) is 105 Å². The Morgan fingerprint density at radius 2 is 1.10 bits per heavy atom. The van der Waals surface area contributed by atoms with E-state index in [2.05, 4.69) is 15.5 Å². The van der Waals surface area contributed by atoms with Crippen LogP contribution in [0.4, 0.5) is 4.79 Å². The van der Waals surface area contributed by atoms with Gasteiger partial charge in [0.15, 0.2) is 5.75 Å². The standard InChI is InChI=1S/C31H43N2O7P.C21H26O6.C15H25N2O4P.C2H4O2/c1-8-24-22(6)26-18-39-31(36)27(26)28(34)25(24)14-13-19(3)17-32-15-16-41(37,33-23(7)30(35)38-9-2)40-29-20(4)11-10-12-21(29)5;1-7-14-13(3)16-11-25-19(23)17(16)18(15(14)9-8-12(2)10-22)26-20(24)27-21(4,5)6;1-5-20-15(18)13(4)17-22(19,10-9-16)21-14-11(2)7-6-8-12(14)3;1-2(3)4/h10-13,23,32,34H,8-9,14-18H2,1-7H3,(H,33,37);8,10H,7,9,11H2,1-6H3;6-8,13H,5,9-10,16H2,1-4H3,(H,17,19);1H3,(H,3,4)/b19-13+;12-8+;;/t23-,41?;;13-,22?;/m0.0./s1. The van der Waals surface area contributed by atoms with Crippen LogP contribution >= 0.6 is 15.0 Å². The topological polar surface area (TPSA) is 330 Å². The lowest BCUT2D eigenvalue weighted by atomic mass is 9.89. The van der Waals surface area contributed by atoms with E-state index >= 15 is 0 Å². The summed E-state index contributed by atoms with van der Waals surface area (Å²) in [5.41, 5.74) is 17.3. The molecule has 0 aliphatic carbocycles. The molecule has 2 heterocycles. The summed E-state index contributed by atoms with van der Waals surface area (Å²) in [4.78, 5) is 80.8. The first-order valence-corrected chi connectivity index (χ1v) is 34.9. The number of nitrogens with one attached hydrogen (secondary N) is 3. The van der Waals surface area contributed by atoms with Gasteiger partial charge in [0.25, 0.3) is 5.97 Å². The molecule has 25 heteroatoms. The van der Waals surface area contributed by atoms with Crippen molar-refractivity contribution >= 4 is 57.3 Å². The highest BCUT2D eigenvalue weighted by molar-refractivity contribution is 7.57. The summed E-state index contributed by atoms with van der Waals surface area (Å²) < 4.78 is 69.9. The monoisotopic (exact) mass is 1350 g/mol. The molecule has 2 unspecified atom stereocenters. The molecule has 0 aromatic heterocycles. The normalized spacial score (nSPS) is 14.4. The average molecular weight is 1350 g/mol. The number of para-hydroxylation sites is 2. The Labute approximate surface area is 553 Å². The number of carbonyl (C=O) groups is 7. The van der Waals surface area contributed by atoms with Crippen LogP contribution in [0.3, 0.4) is 0 Å². The smallest absolute Gasteiger partial charge is 0.507 e. The van der Waals surface area contributed by atoms with E-state index in [1.54, 1.807) is 61.5 Å². The molecule has 0 saturated carbocycles. The zero-order valence-corrected chi connectivity index (χ0v) is 59.6. The second-order valence-corrected chi connectivity index (χ2v) is 28.1. The molecule has 0 fully saturated rings. The molecule has 2 aliphatic heterocycles. The third-order valence-electron chi connectivity index (χ3n) is 14.8. The van der Waals surface area contributed by atoms with Crippen LogP contribution in [0.25, 0.3) is 0 Å². The molecular formula is C69H98N4O19P2. The SMILES string of the molecule is CC(=O)O.CCOC(=O)[C@H](C)NP(=O)(CCN)Oc1c(C)cccc1C.CCOC(=O)[C@H](C)NP(=O)(CCNC/C(C)=C/Cc1c(O)c2c(c(C)c1CC)COC2=O)Oc1c(C)cccc1C.CCc1c(C)c2c(c(OC(=O)OC(C)(C)C)c1C/C=C(\C)C=O)C(=O)OC2. The van der Waals surface area contributed by atoms with Gasteiger partial charge >= 0.3 is 45.1 Å². The minimum absolute atomic E-state index is 0.00772. The summed E-state index contributed by atoms with van der Waals surface area (Å²) in [5.74, 6) is -1.53. The third kappa shape index (κ3) is 23.7. The van der Waals surface area contributed by atoms with Gasteiger partial charge in [0.1, 0.15) is 65.6 Å². The highest BCUT2D eigenvalue weighted by Gasteiger charge is 2.36. The molecule has 4 aromatic carbocycles. The number of carbonyl (C=O) groups excluding carboxylic acids is 6. The number of fused-ring (bicyclic) bond motifs is 2. The van der Waals surface area contributed by atoms with Crippen LogP contribution in [0, 0.1) is 41.5 Å². The third-order valence-corrected chi connectivity index (χ3v) is 19.0. The number of rotatable bonds is 27. The Morgan fingerprint density at radius 1 is 0.670 bits per heavy atom. The van der Waals surface area contributed by atoms with Gasteiger partial charge in [-0.25, -0.2) is 24.6 Å². The van der Waals surface area contributed by atoms with E-state index in [0.29, 0.717) is 55.0 Å². The van der Waals surface area contributed by atoms with Crippen LogP contribution in [-0.4, -0.2) is 115 Å². The number of aryl methyl sites for hydroxylation is 4. The number of ether oxygens (including phenoxy) is 6. The number of carboxylic acid groups (broad SMARTS) is 1. The molecule has 94 heavy (non-hydrogen) atoms. The Bertz CT molecular complexity index is 3490. The number of aliphatic carboxylic acids is 1. The van der Waals surface area contributed by atoms with Gasteiger partial charge in [0, 0.05) is 48.8 Å². The molecule has 0 spiro atoms. The van der Waals surface area contributed by atoms with Gasteiger partial charge < -0.3 is 58.7 Å². The maximum Gasteiger partial charge on any atom is 0.514 e. The van der Waals surface area contributed by atoms with Crippen LogP contribution in [0.1, 0.15) is 171 Å². The van der Waals surface area contributed by atoms with Gasteiger partial charge in [-0.15, -0.1) is 0 Å². The second kappa shape index (κ2) is 37.4. The van der Waals surface area contributed by atoms with Gasteiger partial charge in [0.2, 0.25) is 0 Å². The largest absolute Gasteiger partial charge is 0.514 e. The molecule has 7 N–H and O–H groups in total. The van der Waals surface area contributed by atoms with E-state index in [9.17, 15) is 43.0 Å². The molecule has 0 saturated heterocycles. The van der Waals surface area contributed by atoms with Crippen molar-refractivity contribution < 1.29 is 90.4 Å². The number of hydrogen-bond donors (Lipinski definition) is 6. The van der Waals surface area contributed by atoms with Crippen molar-refractivity contribution in [1.29, 1.82) is 0 Å². The quantitative estimate of drug-likeness (QED) is 0.00472.